The van der Waals surface area contributed by atoms with Gasteiger partial charge in [0.1, 0.15) is 24.5 Å². The Hall–Kier alpha value is -3.43. The summed E-state index contributed by atoms with van der Waals surface area (Å²) in [5, 5.41) is 21.0. The number of aliphatic hydroxyl groups excluding tert-OH is 1. The van der Waals surface area contributed by atoms with E-state index in [0.717, 1.165) is 4.57 Å². The third kappa shape index (κ3) is 5.15. The maximum absolute atomic E-state index is 12.5. The molecule has 0 spiro atoms. The summed E-state index contributed by atoms with van der Waals surface area (Å²) in [5.41, 5.74) is 14.3. The first kappa shape index (κ1) is 25.8. The lowest BCUT2D eigenvalue weighted by Gasteiger charge is -2.24. The summed E-state index contributed by atoms with van der Waals surface area (Å²) in [6.45, 7) is 6.55. The first-order valence-corrected chi connectivity index (χ1v) is 10.5. The SMILES string of the molecule is CC(C)[C@@H](N)C(=O)OC[C@H]1C[C@@](C#N)(n2ccc(N)nc2=O)C(O)=C1OC(=O)[C@H](N)C(C)C. The Bertz CT molecular complexity index is 1040. The molecular formula is C21H30N6O6. The number of ether oxygens (including phenoxy) is 2. The van der Waals surface area contributed by atoms with E-state index in [1.165, 1.54) is 12.3 Å². The molecule has 0 saturated heterocycles. The van der Waals surface area contributed by atoms with Crippen LogP contribution in [-0.2, 0) is 24.6 Å². The van der Waals surface area contributed by atoms with Crippen molar-refractivity contribution in [3.05, 3.63) is 34.3 Å². The van der Waals surface area contributed by atoms with Crippen molar-refractivity contribution in [3.63, 3.8) is 0 Å². The number of carbonyl (C=O) groups is 2. The fraction of sp³-hybridized carbons (Fsp3) is 0.571. The van der Waals surface area contributed by atoms with Gasteiger partial charge in [0, 0.05) is 12.6 Å². The van der Waals surface area contributed by atoms with Crippen LogP contribution in [-0.4, -0.2) is 45.3 Å². The normalized spacial score (nSPS) is 22.2. The van der Waals surface area contributed by atoms with Crippen LogP contribution in [0, 0.1) is 29.1 Å². The van der Waals surface area contributed by atoms with Gasteiger partial charge in [-0.2, -0.15) is 10.2 Å². The average Bonchev–Trinajstić information content (AvgIpc) is 3.02. The molecule has 1 aliphatic rings. The number of nitriles is 1. The summed E-state index contributed by atoms with van der Waals surface area (Å²) >= 11 is 0. The number of nitrogens with zero attached hydrogens (tertiary/aromatic N) is 3. The Morgan fingerprint density at radius 2 is 1.85 bits per heavy atom. The summed E-state index contributed by atoms with van der Waals surface area (Å²) < 4.78 is 11.5. The Kier molecular flexibility index (Phi) is 7.84. The molecule has 0 fully saturated rings. The van der Waals surface area contributed by atoms with E-state index in [4.69, 9.17) is 26.7 Å². The molecule has 0 saturated carbocycles. The number of aromatic nitrogens is 2. The van der Waals surface area contributed by atoms with Crippen molar-refractivity contribution in [1.29, 1.82) is 5.26 Å². The zero-order valence-electron chi connectivity index (χ0n) is 19.0. The largest absolute Gasteiger partial charge is 0.506 e. The van der Waals surface area contributed by atoms with Crippen molar-refractivity contribution in [1.82, 2.24) is 9.55 Å². The Balaban J connectivity index is 2.48. The van der Waals surface area contributed by atoms with Gasteiger partial charge in [0.2, 0.25) is 0 Å². The van der Waals surface area contributed by atoms with Crippen molar-refractivity contribution < 1.29 is 24.2 Å². The van der Waals surface area contributed by atoms with E-state index in [9.17, 15) is 24.8 Å². The van der Waals surface area contributed by atoms with Crippen molar-refractivity contribution in [3.8, 4) is 6.07 Å². The predicted octanol–water partition coefficient (Wildman–Crippen LogP) is -0.113. The van der Waals surface area contributed by atoms with E-state index in [2.05, 4.69) is 4.98 Å². The van der Waals surface area contributed by atoms with Crippen LogP contribution in [0.5, 0.6) is 0 Å². The Labute approximate surface area is 191 Å². The van der Waals surface area contributed by atoms with Gasteiger partial charge in [0.15, 0.2) is 17.1 Å². The van der Waals surface area contributed by atoms with Crippen LogP contribution in [0.4, 0.5) is 5.82 Å². The molecule has 7 N–H and O–H groups in total. The molecule has 0 radical (unpaired) electrons. The molecular weight excluding hydrogens is 432 g/mol. The maximum Gasteiger partial charge on any atom is 0.351 e. The smallest absolute Gasteiger partial charge is 0.351 e. The number of nitrogen functional groups attached to an aromatic ring is 1. The van der Waals surface area contributed by atoms with Gasteiger partial charge in [0.05, 0.1) is 12.0 Å². The minimum Gasteiger partial charge on any atom is -0.506 e. The van der Waals surface area contributed by atoms with E-state index in [-0.39, 0.29) is 36.4 Å². The monoisotopic (exact) mass is 462 g/mol. The van der Waals surface area contributed by atoms with Gasteiger partial charge in [-0.25, -0.2) is 9.59 Å². The molecule has 12 heteroatoms. The van der Waals surface area contributed by atoms with E-state index in [0.29, 0.717) is 0 Å². The zero-order chi connectivity index (χ0) is 25.1. The fourth-order valence-electron chi connectivity index (χ4n) is 3.28. The van der Waals surface area contributed by atoms with Crippen LogP contribution in [0.3, 0.4) is 0 Å². The quantitative estimate of drug-likeness (QED) is 0.374. The second-order valence-corrected chi connectivity index (χ2v) is 8.68. The molecule has 0 amide bonds. The highest BCUT2D eigenvalue weighted by Gasteiger charge is 2.52. The van der Waals surface area contributed by atoms with Gasteiger partial charge >= 0.3 is 17.6 Å². The molecule has 4 atom stereocenters. The lowest BCUT2D eigenvalue weighted by Crippen LogP contribution is -2.42. The number of esters is 2. The molecule has 180 valence electrons. The molecule has 0 bridgehead atoms. The zero-order valence-corrected chi connectivity index (χ0v) is 19.0. The van der Waals surface area contributed by atoms with E-state index < -0.39 is 46.9 Å². The van der Waals surface area contributed by atoms with Crippen LogP contribution >= 0.6 is 0 Å². The standard InChI is InChI=1S/C21H30N6O6/c1-10(2)14(24)18(29)32-8-12-7-21(9-22,27-6-5-13(23)26-20(27)31)17(28)16(12)33-19(30)15(25)11(3)4/h5-6,10-12,14-15,28H,7-8,24-25H2,1-4H3,(H2,23,26,31)/t12-,14-,15-,21+/m1/s1. The van der Waals surface area contributed by atoms with Crippen LogP contribution in [0.2, 0.25) is 0 Å². The van der Waals surface area contributed by atoms with Gasteiger partial charge in [-0.15, -0.1) is 0 Å². The number of hydrogen-bond acceptors (Lipinski definition) is 11. The van der Waals surface area contributed by atoms with Gasteiger partial charge in [-0.3, -0.25) is 9.36 Å². The third-order valence-corrected chi connectivity index (χ3v) is 5.58. The van der Waals surface area contributed by atoms with Gasteiger partial charge < -0.3 is 31.8 Å². The summed E-state index contributed by atoms with van der Waals surface area (Å²) in [5.74, 6) is -4.03. The van der Waals surface area contributed by atoms with E-state index >= 15 is 0 Å². The number of aliphatic hydroxyl groups is 1. The minimum atomic E-state index is -1.97. The topological polar surface area (TPSA) is 210 Å². The summed E-state index contributed by atoms with van der Waals surface area (Å²) in [6.07, 6.45) is 0.955. The number of rotatable bonds is 8. The molecule has 0 unspecified atom stereocenters. The molecule has 33 heavy (non-hydrogen) atoms. The molecule has 12 nitrogen and oxygen atoms in total. The highest BCUT2D eigenvalue weighted by atomic mass is 16.6. The predicted molar refractivity (Wildman–Crippen MR) is 117 cm³/mol. The molecule has 0 aliphatic heterocycles. The summed E-state index contributed by atoms with van der Waals surface area (Å²) in [6, 6.07) is 1.28. The first-order valence-electron chi connectivity index (χ1n) is 10.5. The summed E-state index contributed by atoms with van der Waals surface area (Å²) in [4.78, 5) is 40.8. The van der Waals surface area contributed by atoms with Gasteiger partial charge in [0.25, 0.3) is 0 Å². The molecule has 1 aliphatic carbocycles. The van der Waals surface area contributed by atoms with Crippen molar-refractivity contribution >= 4 is 17.8 Å². The molecule has 1 aromatic heterocycles. The van der Waals surface area contributed by atoms with E-state index in [1.54, 1.807) is 27.7 Å². The first-order chi connectivity index (χ1) is 15.3. The van der Waals surface area contributed by atoms with Crippen molar-refractivity contribution in [2.24, 2.45) is 29.2 Å². The number of allylic oxidation sites excluding steroid dienone is 1. The highest BCUT2D eigenvalue weighted by molar-refractivity contribution is 5.77. The van der Waals surface area contributed by atoms with Crippen molar-refractivity contribution in [2.45, 2.75) is 51.7 Å². The van der Waals surface area contributed by atoms with Crippen LogP contribution in [0.15, 0.2) is 28.6 Å². The molecule has 0 aromatic carbocycles. The Morgan fingerprint density at radius 3 is 2.36 bits per heavy atom. The third-order valence-electron chi connectivity index (χ3n) is 5.58. The number of carbonyl (C=O) groups excluding carboxylic acids is 2. The van der Waals surface area contributed by atoms with Crippen molar-refractivity contribution in [2.75, 3.05) is 12.3 Å². The van der Waals surface area contributed by atoms with Crippen LogP contribution in [0.1, 0.15) is 34.1 Å². The minimum absolute atomic E-state index is 0.0754. The van der Waals surface area contributed by atoms with Crippen LogP contribution in [0.25, 0.3) is 0 Å². The molecule has 2 rings (SSSR count). The Morgan fingerprint density at radius 1 is 1.27 bits per heavy atom. The number of nitrogens with two attached hydrogens (primary N) is 3. The second-order valence-electron chi connectivity index (χ2n) is 8.68. The maximum atomic E-state index is 12.5. The van der Waals surface area contributed by atoms with Gasteiger partial charge in [-0.05, 0) is 17.9 Å². The lowest BCUT2D eigenvalue weighted by molar-refractivity contribution is -0.148. The highest BCUT2D eigenvalue weighted by Crippen LogP contribution is 2.43. The van der Waals surface area contributed by atoms with E-state index in [1.807, 2.05) is 6.07 Å². The van der Waals surface area contributed by atoms with Gasteiger partial charge in [-0.1, -0.05) is 27.7 Å². The van der Waals surface area contributed by atoms with Crippen LogP contribution < -0.4 is 22.9 Å². The summed E-state index contributed by atoms with van der Waals surface area (Å²) in [7, 11) is 0. The number of anilines is 1. The second kappa shape index (κ2) is 10.0. The number of hydrogen-bond donors (Lipinski definition) is 4. The fourth-order valence-corrected chi connectivity index (χ4v) is 3.28. The molecule has 1 aromatic rings. The molecule has 1 heterocycles. The average molecular weight is 463 g/mol. The lowest BCUT2D eigenvalue weighted by atomic mass is 9.95.